The van der Waals surface area contributed by atoms with Crippen LogP contribution in [0.4, 0.5) is 5.69 Å². The molecule has 0 aliphatic heterocycles. The van der Waals surface area contributed by atoms with E-state index in [1.807, 2.05) is 31.2 Å². The second-order valence-corrected chi connectivity index (χ2v) is 7.85. The molecule has 0 aliphatic carbocycles. The third-order valence-electron chi connectivity index (χ3n) is 4.32. The third kappa shape index (κ3) is 4.33. The summed E-state index contributed by atoms with van der Waals surface area (Å²) in [6.07, 6.45) is 0. The molecule has 0 saturated heterocycles. The summed E-state index contributed by atoms with van der Waals surface area (Å²) >= 11 is 18.4. The summed E-state index contributed by atoms with van der Waals surface area (Å²) in [7, 11) is 0. The van der Waals surface area contributed by atoms with Crippen molar-refractivity contribution in [3.63, 3.8) is 0 Å². The van der Waals surface area contributed by atoms with Gasteiger partial charge in [-0.1, -0.05) is 59.1 Å². The number of carbonyl (C=O) groups is 1. The molecule has 1 aromatic heterocycles. The topological polar surface area (TPSA) is 59.8 Å². The first-order valence-electron chi connectivity index (χ1n) is 8.97. The molecule has 1 amide bonds. The number of hydrogen-bond acceptors (Lipinski definition) is 3. The molecule has 0 spiro atoms. The number of amides is 1. The molecule has 1 heterocycles. The van der Waals surface area contributed by atoms with Crippen LogP contribution >= 0.6 is 34.8 Å². The van der Waals surface area contributed by atoms with E-state index in [0.29, 0.717) is 37.8 Å². The predicted molar refractivity (Wildman–Crippen MR) is 121 cm³/mol. The minimum Gasteiger partial charge on any atom is -0.319 e. The summed E-state index contributed by atoms with van der Waals surface area (Å²) in [5, 5.41) is 8.58. The summed E-state index contributed by atoms with van der Waals surface area (Å²) in [5.41, 5.74) is 3.01. The lowest BCUT2D eigenvalue weighted by Crippen LogP contribution is -2.14. The van der Waals surface area contributed by atoms with Gasteiger partial charge in [0.15, 0.2) is 5.82 Å². The molecule has 0 bridgehead atoms. The minimum atomic E-state index is -0.428. The van der Waals surface area contributed by atoms with Crippen molar-refractivity contribution < 1.29 is 4.79 Å². The smallest absolute Gasteiger partial charge is 0.295 e. The number of aromatic nitrogens is 3. The van der Waals surface area contributed by atoms with Crippen LogP contribution in [0, 0.1) is 6.92 Å². The Morgan fingerprint density at radius 3 is 2.47 bits per heavy atom. The van der Waals surface area contributed by atoms with Crippen LogP contribution in [0.3, 0.4) is 0 Å². The van der Waals surface area contributed by atoms with Gasteiger partial charge < -0.3 is 5.32 Å². The van der Waals surface area contributed by atoms with Crippen molar-refractivity contribution in [2.75, 3.05) is 5.32 Å². The lowest BCUT2D eigenvalue weighted by molar-refractivity contribution is 0.101. The van der Waals surface area contributed by atoms with Gasteiger partial charge in [0, 0.05) is 16.3 Å². The van der Waals surface area contributed by atoms with Crippen molar-refractivity contribution in [1.29, 1.82) is 0 Å². The van der Waals surface area contributed by atoms with Crippen molar-refractivity contribution in [1.82, 2.24) is 14.8 Å². The van der Waals surface area contributed by atoms with Gasteiger partial charge >= 0.3 is 0 Å². The molecular formula is C22H15Cl3N4O. The number of rotatable bonds is 4. The maximum Gasteiger partial charge on any atom is 0.295 e. The molecule has 30 heavy (non-hydrogen) atoms. The van der Waals surface area contributed by atoms with Crippen LogP contribution in [-0.2, 0) is 0 Å². The van der Waals surface area contributed by atoms with Crippen molar-refractivity contribution in [3.05, 3.63) is 93.2 Å². The lowest BCUT2D eigenvalue weighted by Gasteiger charge is -2.07. The number of benzene rings is 3. The monoisotopic (exact) mass is 456 g/mol. The Morgan fingerprint density at radius 2 is 1.73 bits per heavy atom. The number of hydrogen-bond donors (Lipinski definition) is 1. The van der Waals surface area contributed by atoms with Gasteiger partial charge in [-0.25, -0.2) is 9.67 Å². The first-order chi connectivity index (χ1) is 14.4. The Bertz CT molecular complexity index is 1250. The van der Waals surface area contributed by atoms with Crippen LogP contribution in [0.25, 0.3) is 17.1 Å². The lowest BCUT2D eigenvalue weighted by atomic mass is 10.2. The van der Waals surface area contributed by atoms with Gasteiger partial charge in [0.25, 0.3) is 5.91 Å². The molecule has 150 valence electrons. The highest BCUT2D eigenvalue weighted by atomic mass is 35.5. The van der Waals surface area contributed by atoms with E-state index in [-0.39, 0.29) is 5.82 Å². The Balaban J connectivity index is 1.79. The molecular weight excluding hydrogens is 443 g/mol. The van der Waals surface area contributed by atoms with Gasteiger partial charge in [-0.3, -0.25) is 4.79 Å². The largest absolute Gasteiger partial charge is 0.319 e. The molecule has 4 rings (SSSR count). The van der Waals surface area contributed by atoms with E-state index in [9.17, 15) is 4.79 Å². The van der Waals surface area contributed by atoms with Crippen LogP contribution in [0.1, 0.15) is 16.2 Å². The number of halogens is 3. The molecule has 0 unspecified atom stereocenters. The highest BCUT2D eigenvalue weighted by molar-refractivity contribution is 6.42. The summed E-state index contributed by atoms with van der Waals surface area (Å²) in [6, 6.07) is 19.7. The Hall–Kier alpha value is -2.86. The molecule has 0 aliphatic rings. The number of carbonyl (C=O) groups excluding carboxylic acids is 1. The van der Waals surface area contributed by atoms with Crippen molar-refractivity contribution >= 4 is 46.4 Å². The van der Waals surface area contributed by atoms with Gasteiger partial charge in [-0.15, -0.1) is 5.10 Å². The SMILES string of the molecule is Cc1cccc(NC(=O)c2nc(-c3cccc(Cl)c3)n(-c3ccc(Cl)c(Cl)c3)n2)c1. The third-order valence-corrected chi connectivity index (χ3v) is 5.29. The fraction of sp³-hybridized carbons (Fsp3) is 0.0455. The predicted octanol–water partition coefficient (Wildman–Crippen LogP) is 6.46. The van der Waals surface area contributed by atoms with E-state index in [4.69, 9.17) is 34.8 Å². The minimum absolute atomic E-state index is 0.0116. The van der Waals surface area contributed by atoms with E-state index in [2.05, 4.69) is 15.4 Å². The average molecular weight is 458 g/mol. The number of aryl methyl sites for hydroxylation is 1. The van der Waals surface area contributed by atoms with Crippen LogP contribution < -0.4 is 5.32 Å². The molecule has 5 nitrogen and oxygen atoms in total. The molecule has 4 aromatic rings. The highest BCUT2D eigenvalue weighted by Gasteiger charge is 2.20. The number of nitrogens with one attached hydrogen (secondary N) is 1. The number of nitrogens with zero attached hydrogens (tertiary/aromatic N) is 3. The van der Waals surface area contributed by atoms with Crippen LogP contribution in [-0.4, -0.2) is 20.7 Å². The van der Waals surface area contributed by atoms with Gasteiger partial charge in [0.05, 0.1) is 15.7 Å². The van der Waals surface area contributed by atoms with Crippen molar-refractivity contribution in [2.45, 2.75) is 6.92 Å². The quantitative estimate of drug-likeness (QED) is 0.383. The summed E-state index contributed by atoms with van der Waals surface area (Å²) in [6.45, 7) is 1.95. The molecule has 0 radical (unpaired) electrons. The van der Waals surface area contributed by atoms with Gasteiger partial charge in [0.2, 0.25) is 5.82 Å². The highest BCUT2D eigenvalue weighted by Crippen LogP contribution is 2.28. The Labute approximate surface area is 188 Å². The normalized spacial score (nSPS) is 10.8. The molecule has 3 aromatic carbocycles. The zero-order chi connectivity index (χ0) is 21.3. The van der Waals surface area contributed by atoms with Crippen molar-refractivity contribution in [3.8, 4) is 17.1 Å². The van der Waals surface area contributed by atoms with E-state index >= 15 is 0 Å². The fourth-order valence-corrected chi connectivity index (χ4v) is 3.41. The molecule has 1 N–H and O–H groups in total. The van der Waals surface area contributed by atoms with Gasteiger partial charge in [-0.05, 0) is 55.0 Å². The maximum atomic E-state index is 12.8. The Morgan fingerprint density at radius 1 is 0.933 bits per heavy atom. The standard InChI is InChI=1S/C22H15Cl3N4O/c1-13-4-2-7-16(10-13)26-22(30)20-27-21(14-5-3-6-15(23)11-14)29(28-20)17-8-9-18(24)19(25)12-17/h2-12H,1H3,(H,26,30). The average Bonchev–Trinajstić information content (AvgIpc) is 3.16. The zero-order valence-electron chi connectivity index (χ0n) is 15.7. The maximum absolute atomic E-state index is 12.8. The Kier molecular flexibility index (Phi) is 5.77. The fourth-order valence-electron chi connectivity index (χ4n) is 2.93. The second-order valence-electron chi connectivity index (χ2n) is 6.60. The summed E-state index contributed by atoms with van der Waals surface area (Å²) in [5.74, 6) is 0.0329. The molecule has 8 heteroatoms. The van der Waals surface area contributed by atoms with Crippen molar-refractivity contribution in [2.24, 2.45) is 0 Å². The molecule has 0 fully saturated rings. The number of anilines is 1. The first kappa shape index (κ1) is 20.4. The summed E-state index contributed by atoms with van der Waals surface area (Å²) < 4.78 is 1.54. The van der Waals surface area contributed by atoms with Gasteiger partial charge in [-0.2, -0.15) is 0 Å². The first-order valence-corrected chi connectivity index (χ1v) is 10.1. The van der Waals surface area contributed by atoms with Crippen LogP contribution in [0.5, 0.6) is 0 Å². The second kappa shape index (κ2) is 8.48. The van der Waals surface area contributed by atoms with Crippen LogP contribution in [0.2, 0.25) is 15.1 Å². The van der Waals surface area contributed by atoms with E-state index in [1.54, 1.807) is 47.1 Å². The van der Waals surface area contributed by atoms with Crippen LogP contribution in [0.15, 0.2) is 66.7 Å². The zero-order valence-corrected chi connectivity index (χ0v) is 18.0. The van der Waals surface area contributed by atoms with E-state index in [1.165, 1.54) is 0 Å². The molecule has 0 saturated carbocycles. The van der Waals surface area contributed by atoms with E-state index < -0.39 is 5.91 Å². The van der Waals surface area contributed by atoms with Gasteiger partial charge in [0.1, 0.15) is 0 Å². The molecule has 0 atom stereocenters. The van der Waals surface area contributed by atoms with E-state index in [0.717, 1.165) is 5.56 Å². The summed E-state index contributed by atoms with van der Waals surface area (Å²) in [4.78, 5) is 17.3.